The normalized spacial score (nSPS) is 16.4. The monoisotopic (exact) mass is 385 g/mol. The number of hydrogen-bond acceptors (Lipinski definition) is 5. The van der Waals surface area contributed by atoms with E-state index in [1.165, 1.54) is 12.8 Å². The van der Waals surface area contributed by atoms with Gasteiger partial charge in [0.05, 0.1) is 12.8 Å². The molecule has 1 fully saturated rings. The third kappa shape index (κ3) is 3.76. The van der Waals surface area contributed by atoms with E-state index in [0.29, 0.717) is 17.8 Å². The molecular formula is C20H24ClN5O. The third-order valence-electron chi connectivity index (χ3n) is 5.68. The molecule has 0 spiro atoms. The summed E-state index contributed by atoms with van der Waals surface area (Å²) in [5.74, 6) is 3.05. The fraction of sp³-hybridized carbons (Fsp3) is 0.500. The molecular weight excluding hydrogens is 362 g/mol. The van der Waals surface area contributed by atoms with E-state index >= 15 is 0 Å². The molecule has 27 heavy (non-hydrogen) atoms. The van der Waals surface area contributed by atoms with Crippen molar-refractivity contribution in [1.82, 2.24) is 25.4 Å². The van der Waals surface area contributed by atoms with Crippen molar-refractivity contribution < 1.29 is 4.74 Å². The van der Waals surface area contributed by atoms with Crippen molar-refractivity contribution in [3.05, 3.63) is 40.8 Å². The Bertz CT molecular complexity index is 878. The summed E-state index contributed by atoms with van der Waals surface area (Å²) in [4.78, 5) is 8.69. The third-order valence-corrected chi connectivity index (χ3v) is 6.03. The molecule has 0 amide bonds. The summed E-state index contributed by atoms with van der Waals surface area (Å²) in [5.41, 5.74) is 3.02. The zero-order valence-electron chi connectivity index (χ0n) is 15.7. The quantitative estimate of drug-likeness (QED) is 0.617. The van der Waals surface area contributed by atoms with E-state index in [9.17, 15) is 0 Å². The minimum Gasteiger partial charge on any atom is -0.497 e. The number of aromatic nitrogens is 5. The highest BCUT2D eigenvalue weighted by molar-refractivity contribution is 6.31. The van der Waals surface area contributed by atoms with Gasteiger partial charge in [-0.3, -0.25) is 0 Å². The lowest BCUT2D eigenvalue weighted by Gasteiger charge is -2.26. The van der Waals surface area contributed by atoms with E-state index in [-0.39, 0.29) is 0 Å². The standard InChI is InChI=1S/C20H24ClN5O/c1-3-12(4-5-13-8-9-15(27-2)10-16(13)21)17(14-6-7-14)18-19-20(23-11-22-19)25-26-24-18/h8-12,14,17H,3-7H2,1-2H3,(H,22,23,24,25). The first-order chi connectivity index (χ1) is 13.2. The number of nitrogens with zero attached hydrogens (tertiary/aromatic N) is 4. The van der Waals surface area contributed by atoms with Crippen molar-refractivity contribution in [3.63, 3.8) is 0 Å². The van der Waals surface area contributed by atoms with Crippen molar-refractivity contribution >= 4 is 11.6 Å². The maximum Gasteiger partial charge on any atom is 0.177 e. The predicted molar refractivity (Wildman–Crippen MR) is 104 cm³/mol. The van der Waals surface area contributed by atoms with Gasteiger partial charge in [-0.1, -0.05) is 36.2 Å². The largest absolute Gasteiger partial charge is 0.497 e. The van der Waals surface area contributed by atoms with Crippen LogP contribution in [0.3, 0.4) is 0 Å². The van der Waals surface area contributed by atoms with Crippen molar-refractivity contribution in [3.8, 4) is 17.3 Å². The van der Waals surface area contributed by atoms with Crippen LogP contribution in [-0.2, 0) is 6.42 Å². The molecule has 2 aliphatic heterocycles. The van der Waals surface area contributed by atoms with Gasteiger partial charge in [-0.15, -0.1) is 5.10 Å². The molecule has 2 atom stereocenters. The second-order valence-electron chi connectivity index (χ2n) is 7.30. The number of ether oxygens (including phenoxy) is 1. The van der Waals surface area contributed by atoms with Crippen molar-refractivity contribution in [2.45, 2.75) is 44.9 Å². The van der Waals surface area contributed by atoms with E-state index in [4.69, 9.17) is 16.3 Å². The Balaban J connectivity index is 1.56. The Labute approximate surface area is 164 Å². The second kappa shape index (κ2) is 7.80. The average Bonchev–Trinajstić information content (AvgIpc) is 3.40. The van der Waals surface area contributed by atoms with Gasteiger partial charge in [0.2, 0.25) is 0 Å². The van der Waals surface area contributed by atoms with E-state index in [1.807, 2.05) is 12.1 Å². The average molecular weight is 386 g/mol. The zero-order valence-corrected chi connectivity index (χ0v) is 16.4. The Morgan fingerprint density at radius 1 is 1.30 bits per heavy atom. The number of imidazole rings is 1. The first-order valence-corrected chi connectivity index (χ1v) is 9.93. The van der Waals surface area contributed by atoms with Crippen LogP contribution in [0.5, 0.6) is 5.75 Å². The second-order valence-corrected chi connectivity index (χ2v) is 7.70. The van der Waals surface area contributed by atoms with Gasteiger partial charge in [-0.05, 0) is 55.2 Å². The van der Waals surface area contributed by atoms with Crippen LogP contribution in [0, 0.1) is 11.8 Å². The molecule has 2 heterocycles. The van der Waals surface area contributed by atoms with Gasteiger partial charge in [0.15, 0.2) is 5.82 Å². The molecule has 0 bridgehead atoms. The van der Waals surface area contributed by atoms with Gasteiger partial charge >= 0.3 is 0 Å². The van der Waals surface area contributed by atoms with Gasteiger partial charge < -0.3 is 4.74 Å². The van der Waals surface area contributed by atoms with Crippen LogP contribution in [0.2, 0.25) is 5.02 Å². The Morgan fingerprint density at radius 2 is 2.15 bits per heavy atom. The lowest BCUT2D eigenvalue weighted by molar-refractivity contribution is 0.343. The van der Waals surface area contributed by atoms with Crippen molar-refractivity contribution in [2.75, 3.05) is 7.11 Å². The molecule has 2 unspecified atom stereocenters. The number of aryl methyl sites for hydroxylation is 1. The molecule has 142 valence electrons. The molecule has 0 radical (unpaired) electrons. The summed E-state index contributed by atoms with van der Waals surface area (Å²) < 4.78 is 5.25. The summed E-state index contributed by atoms with van der Waals surface area (Å²) in [6, 6.07) is 5.93. The molecule has 6 nitrogen and oxygen atoms in total. The van der Waals surface area contributed by atoms with E-state index in [0.717, 1.165) is 52.8 Å². The van der Waals surface area contributed by atoms with Crippen molar-refractivity contribution in [2.24, 2.45) is 11.8 Å². The molecule has 1 saturated carbocycles. The Morgan fingerprint density at radius 3 is 2.85 bits per heavy atom. The molecule has 1 N–H and O–H groups in total. The van der Waals surface area contributed by atoms with Crippen LogP contribution in [-0.4, -0.2) is 32.5 Å². The molecule has 0 saturated heterocycles. The number of hydrogen-bond donors (Lipinski definition) is 1. The number of benzene rings is 1. The topological polar surface area (TPSA) is 76.6 Å². The van der Waals surface area contributed by atoms with E-state index in [1.54, 1.807) is 13.4 Å². The number of H-pyrrole nitrogens is 1. The van der Waals surface area contributed by atoms with E-state index in [2.05, 4.69) is 38.4 Å². The highest BCUT2D eigenvalue weighted by atomic mass is 35.5. The molecule has 1 aromatic carbocycles. The van der Waals surface area contributed by atoms with Gasteiger partial charge in [0.1, 0.15) is 17.8 Å². The minimum absolute atomic E-state index is 0.369. The Kier molecular flexibility index (Phi) is 5.25. The van der Waals surface area contributed by atoms with Crippen molar-refractivity contribution in [1.29, 1.82) is 0 Å². The van der Waals surface area contributed by atoms with Crippen LogP contribution in [0.1, 0.15) is 49.8 Å². The van der Waals surface area contributed by atoms with Gasteiger partial charge in [-0.2, -0.15) is 0 Å². The van der Waals surface area contributed by atoms with Crippen LogP contribution < -0.4 is 4.74 Å². The smallest absolute Gasteiger partial charge is 0.177 e. The van der Waals surface area contributed by atoms with Crippen LogP contribution in [0.4, 0.5) is 0 Å². The molecule has 4 rings (SSSR count). The Hall–Kier alpha value is -2.21. The zero-order chi connectivity index (χ0) is 18.8. The number of aromatic amines is 1. The number of rotatable bonds is 8. The molecule has 0 aromatic heterocycles. The highest BCUT2D eigenvalue weighted by Crippen LogP contribution is 2.49. The molecule has 3 aliphatic rings. The highest BCUT2D eigenvalue weighted by Gasteiger charge is 2.40. The minimum atomic E-state index is 0.369. The molecule has 7 heteroatoms. The summed E-state index contributed by atoms with van der Waals surface area (Å²) >= 11 is 6.44. The summed E-state index contributed by atoms with van der Waals surface area (Å²) in [7, 11) is 1.66. The maximum atomic E-state index is 6.44. The first kappa shape index (κ1) is 18.2. The van der Waals surface area contributed by atoms with Crippen LogP contribution in [0.15, 0.2) is 24.5 Å². The van der Waals surface area contributed by atoms with Gasteiger partial charge in [0.25, 0.3) is 0 Å². The van der Waals surface area contributed by atoms with Crippen LogP contribution in [0.25, 0.3) is 11.5 Å². The SMILES string of the molecule is CCC(CCc1ccc(OC)cc1Cl)C(c1nn[nH]c2ncnc1-2)C1CC1. The van der Waals surface area contributed by atoms with Gasteiger partial charge in [-0.25, -0.2) is 15.1 Å². The number of halogens is 1. The lowest BCUT2D eigenvalue weighted by atomic mass is 9.79. The fourth-order valence-corrected chi connectivity index (χ4v) is 4.32. The predicted octanol–water partition coefficient (Wildman–Crippen LogP) is 4.51. The van der Waals surface area contributed by atoms with Gasteiger partial charge in [0, 0.05) is 10.9 Å². The first-order valence-electron chi connectivity index (χ1n) is 9.55. The maximum absolute atomic E-state index is 6.44. The number of nitrogens with one attached hydrogen (secondary N) is 1. The molecule has 1 aliphatic carbocycles. The van der Waals surface area contributed by atoms with E-state index < -0.39 is 0 Å². The lowest BCUT2D eigenvalue weighted by Crippen LogP contribution is -2.19. The summed E-state index contributed by atoms with van der Waals surface area (Å²) in [6.45, 7) is 2.26. The summed E-state index contributed by atoms with van der Waals surface area (Å²) in [6.07, 6.45) is 7.16. The fourth-order valence-electron chi connectivity index (χ4n) is 4.06. The molecule has 1 aromatic rings. The number of methoxy groups -OCH3 is 1. The number of fused-ring (bicyclic) bond motifs is 1. The summed E-state index contributed by atoms with van der Waals surface area (Å²) in [5, 5.41) is 12.1. The van der Waals surface area contributed by atoms with Crippen LogP contribution >= 0.6 is 11.6 Å².